The van der Waals surface area contributed by atoms with Gasteiger partial charge < -0.3 is 9.47 Å². The van der Waals surface area contributed by atoms with Gasteiger partial charge in [0.05, 0.1) is 12.0 Å². The quantitative estimate of drug-likeness (QED) is 0.418. The van der Waals surface area contributed by atoms with Crippen LogP contribution in [0.25, 0.3) is 0 Å². The van der Waals surface area contributed by atoms with E-state index in [0.717, 1.165) is 37.0 Å². The molecule has 0 aromatic heterocycles. The van der Waals surface area contributed by atoms with Crippen LogP contribution in [-0.2, 0) is 9.53 Å². The third-order valence-corrected chi connectivity index (χ3v) is 5.72. The van der Waals surface area contributed by atoms with Gasteiger partial charge in [0, 0.05) is 0 Å². The van der Waals surface area contributed by atoms with Crippen molar-refractivity contribution < 1.29 is 14.3 Å². The fourth-order valence-electron chi connectivity index (χ4n) is 4.32. The van der Waals surface area contributed by atoms with Gasteiger partial charge in [-0.05, 0) is 88.3 Å². The molecule has 1 aromatic rings. The zero-order valence-electron chi connectivity index (χ0n) is 18.4. The molecule has 0 unspecified atom stereocenters. The lowest BCUT2D eigenvalue weighted by molar-refractivity contribution is -0.164. The predicted molar refractivity (Wildman–Crippen MR) is 111 cm³/mol. The Hall–Kier alpha value is -1.51. The highest BCUT2D eigenvalue weighted by Gasteiger charge is 2.37. The standard InChI is InChI=1S/C24H38O3/c1-17-9-10-19(3)21(14-17)26-12-8-11-24(6,7)22(25)27-20-13-18(2)15-23(4,5)16-20/h9-10,14,18,20H,8,11-13,15-16H2,1-7H3/t18-,20+/m1/s1. The van der Waals surface area contributed by atoms with E-state index < -0.39 is 5.41 Å². The first-order valence-electron chi connectivity index (χ1n) is 10.4. The van der Waals surface area contributed by atoms with Crippen LogP contribution in [0.15, 0.2) is 18.2 Å². The summed E-state index contributed by atoms with van der Waals surface area (Å²) in [5, 5.41) is 0. The zero-order valence-corrected chi connectivity index (χ0v) is 18.4. The molecule has 1 aliphatic rings. The maximum atomic E-state index is 12.8. The summed E-state index contributed by atoms with van der Waals surface area (Å²) in [6, 6.07) is 6.24. The number of ether oxygens (including phenoxy) is 2. The van der Waals surface area contributed by atoms with Gasteiger partial charge in [-0.1, -0.05) is 32.9 Å². The second-order valence-electron chi connectivity index (χ2n) is 10.0. The summed E-state index contributed by atoms with van der Waals surface area (Å²) in [4.78, 5) is 12.8. The molecule has 0 aliphatic heterocycles. The lowest BCUT2D eigenvalue weighted by Crippen LogP contribution is -2.37. The van der Waals surface area contributed by atoms with Crippen molar-refractivity contribution in [2.45, 2.75) is 86.7 Å². The van der Waals surface area contributed by atoms with E-state index in [1.54, 1.807) is 0 Å². The summed E-state index contributed by atoms with van der Waals surface area (Å²) in [5.41, 5.74) is 2.12. The van der Waals surface area contributed by atoms with E-state index in [9.17, 15) is 4.79 Å². The van der Waals surface area contributed by atoms with Crippen LogP contribution in [0.2, 0.25) is 0 Å². The molecule has 0 amide bonds. The molecule has 1 saturated carbocycles. The number of hydrogen-bond acceptors (Lipinski definition) is 3. The summed E-state index contributed by atoms with van der Waals surface area (Å²) >= 11 is 0. The van der Waals surface area contributed by atoms with Crippen LogP contribution in [0.1, 0.15) is 77.8 Å². The molecule has 0 bridgehead atoms. The molecule has 27 heavy (non-hydrogen) atoms. The number of rotatable bonds is 7. The molecular weight excluding hydrogens is 336 g/mol. The Kier molecular flexibility index (Phi) is 6.99. The number of esters is 1. The molecule has 0 saturated heterocycles. The van der Waals surface area contributed by atoms with Crippen LogP contribution in [0, 0.1) is 30.6 Å². The smallest absolute Gasteiger partial charge is 0.311 e. The highest BCUT2D eigenvalue weighted by atomic mass is 16.5. The molecule has 152 valence electrons. The molecule has 1 aromatic carbocycles. The van der Waals surface area contributed by atoms with Gasteiger partial charge in [0.2, 0.25) is 0 Å². The van der Waals surface area contributed by atoms with Crippen molar-refractivity contribution in [3.63, 3.8) is 0 Å². The van der Waals surface area contributed by atoms with Crippen LogP contribution in [0.5, 0.6) is 5.75 Å². The van der Waals surface area contributed by atoms with Crippen LogP contribution in [0.4, 0.5) is 0 Å². The summed E-state index contributed by atoms with van der Waals surface area (Å²) < 4.78 is 11.9. The first-order chi connectivity index (χ1) is 12.5. The third kappa shape index (κ3) is 6.55. The van der Waals surface area contributed by atoms with E-state index in [4.69, 9.17) is 9.47 Å². The summed E-state index contributed by atoms with van der Waals surface area (Å²) in [6.07, 6.45) is 4.82. The second kappa shape index (κ2) is 8.67. The zero-order chi connectivity index (χ0) is 20.2. The Morgan fingerprint density at radius 1 is 1.22 bits per heavy atom. The van der Waals surface area contributed by atoms with E-state index >= 15 is 0 Å². The highest BCUT2D eigenvalue weighted by molar-refractivity contribution is 5.76. The topological polar surface area (TPSA) is 35.5 Å². The summed E-state index contributed by atoms with van der Waals surface area (Å²) in [6.45, 7) is 15.5. The number of carbonyl (C=O) groups excluding carboxylic acids is 1. The van der Waals surface area contributed by atoms with Gasteiger partial charge >= 0.3 is 5.97 Å². The Morgan fingerprint density at radius 2 is 1.93 bits per heavy atom. The number of carbonyl (C=O) groups is 1. The number of benzene rings is 1. The Labute approximate surface area is 165 Å². The molecule has 0 heterocycles. The lowest BCUT2D eigenvalue weighted by Gasteiger charge is -2.39. The van der Waals surface area contributed by atoms with Gasteiger partial charge in [-0.25, -0.2) is 0 Å². The maximum Gasteiger partial charge on any atom is 0.311 e. The summed E-state index contributed by atoms with van der Waals surface area (Å²) in [7, 11) is 0. The van der Waals surface area contributed by atoms with E-state index in [1.807, 2.05) is 13.8 Å². The molecule has 2 atom stereocenters. The minimum Gasteiger partial charge on any atom is -0.493 e. The Morgan fingerprint density at radius 3 is 2.59 bits per heavy atom. The monoisotopic (exact) mass is 374 g/mol. The first-order valence-corrected chi connectivity index (χ1v) is 10.4. The van der Waals surface area contributed by atoms with Gasteiger partial charge in [0.25, 0.3) is 0 Å². The van der Waals surface area contributed by atoms with E-state index in [1.165, 1.54) is 12.0 Å². The fourth-order valence-corrected chi connectivity index (χ4v) is 4.32. The minimum atomic E-state index is -0.476. The molecular formula is C24H38O3. The predicted octanol–water partition coefficient (Wildman–Crippen LogP) is 6.25. The highest BCUT2D eigenvalue weighted by Crippen LogP contribution is 2.40. The van der Waals surface area contributed by atoms with Crippen molar-refractivity contribution in [3.8, 4) is 5.75 Å². The number of aryl methyl sites for hydroxylation is 2. The van der Waals surface area contributed by atoms with E-state index in [2.05, 4.69) is 52.8 Å². The molecule has 1 fully saturated rings. The fraction of sp³-hybridized carbons (Fsp3) is 0.708. The van der Waals surface area contributed by atoms with Crippen LogP contribution in [-0.4, -0.2) is 18.7 Å². The average molecular weight is 375 g/mol. The Bertz CT molecular complexity index is 645. The van der Waals surface area contributed by atoms with Gasteiger partial charge in [-0.15, -0.1) is 0 Å². The molecule has 2 rings (SSSR count). The molecule has 0 N–H and O–H groups in total. The largest absolute Gasteiger partial charge is 0.493 e. The van der Waals surface area contributed by atoms with Crippen molar-refractivity contribution >= 4 is 5.97 Å². The van der Waals surface area contributed by atoms with Crippen molar-refractivity contribution in [1.29, 1.82) is 0 Å². The van der Waals surface area contributed by atoms with Crippen molar-refractivity contribution in [3.05, 3.63) is 29.3 Å². The van der Waals surface area contributed by atoms with Crippen molar-refractivity contribution in [1.82, 2.24) is 0 Å². The van der Waals surface area contributed by atoms with Gasteiger partial charge in [0.15, 0.2) is 0 Å². The molecule has 3 nitrogen and oxygen atoms in total. The van der Waals surface area contributed by atoms with Crippen molar-refractivity contribution in [2.75, 3.05) is 6.61 Å². The second-order valence-corrected chi connectivity index (χ2v) is 10.0. The molecule has 0 radical (unpaired) electrons. The third-order valence-electron chi connectivity index (χ3n) is 5.72. The van der Waals surface area contributed by atoms with E-state index in [-0.39, 0.29) is 17.5 Å². The van der Waals surface area contributed by atoms with Crippen LogP contribution in [0.3, 0.4) is 0 Å². The molecule has 0 spiro atoms. The van der Waals surface area contributed by atoms with Crippen molar-refractivity contribution in [2.24, 2.45) is 16.7 Å². The maximum absolute atomic E-state index is 12.8. The van der Waals surface area contributed by atoms with Gasteiger partial charge in [0.1, 0.15) is 11.9 Å². The van der Waals surface area contributed by atoms with Gasteiger partial charge in [-0.2, -0.15) is 0 Å². The SMILES string of the molecule is Cc1ccc(C)c(OCCCC(C)(C)C(=O)O[C@H]2C[C@@H](C)CC(C)(C)C2)c1. The van der Waals surface area contributed by atoms with Crippen LogP contribution < -0.4 is 4.74 Å². The van der Waals surface area contributed by atoms with Crippen LogP contribution >= 0.6 is 0 Å². The minimum absolute atomic E-state index is 0.0571. The average Bonchev–Trinajstić information content (AvgIpc) is 2.52. The Balaban J connectivity index is 1.81. The normalized spacial score (nSPS) is 22.3. The number of hydrogen-bond donors (Lipinski definition) is 0. The van der Waals surface area contributed by atoms with E-state index in [0.29, 0.717) is 12.5 Å². The summed E-state index contributed by atoms with van der Waals surface area (Å²) in [5.74, 6) is 1.48. The lowest BCUT2D eigenvalue weighted by atomic mass is 9.71. The molecule has 1 aliphatic carbocycles. The van der Waals surface area contributed by atoms with Gasteiger partial charge in [-0.3, -0.25) is 4.79 Å². The first kappa shape index (κ1) is 21.8. The molecule has 3 heteroatoms.